The van der Waals surface area contributed by atoms with Crippen molar-refractivity contribution in [3.8, 4) is 11.5 Å². The van der Waals surface area contributed by atoms with Crippen LogP contribution in [0.3, 0.4) is 0 Å². The summed E-state index contributed by atoms with van der Waals surface area (Å²) in [6.07, 6.45) is 2.22. The van der Waals surface area contributed by atoms with E-state index in [1.54, 1.807) is 7.11 Å². The number of nitrogens with one attached hydrogen (secondary N) is 1. The maximum Gasteiger partial charge on any atom is 0.161 e. The van der Waals surface area contributed by atoms with Crippen LogP contribution in [0, 0.1) is 5.92 Å². The summed E-state index contributed by atoms with van der Waals surface area (Å²) in [7, 11) is 1.71. The molecule has 2 aliphatic heterocycles. The predicted molar refractivity (Wildman–Crippen MR) is 114 cm³/mol. The first-order chi connectivity index (χ1) is 14.3. The third-order valence-electron chi connectivity index (χ3n) is 6.02. The lowest BCUT2D eigenvalue weighted by Gasteiger charge is -2.41. The first-order valence-corrected chi connectivity index (χ1v) is 10.7. The van der Waals surface area contributed by atoms with Gasteiger partial charge in [0, 0.05) is 45.4 Å². The molecule has 1 atom stereocenters. The third-order valence-corrected chi connectivity index (χ3v) is 6.02. The first kappa shape index (κ1) is 20.2. The van der Waals surface area contributed by atoms with Crippen LogP contribution in [0.5, 0.6) is 11.5 Å². The Morgan fingerprint density at radius 3 is 2.52 bits per heavy atom. The van der Waals surface area contributed by atoms with Crippen LogP contribution in [0.15, 0.2) is 48.5 Å². The molecule has 4 rings (SSSR count). The number of rotatable bonds is 7. The second-order valence-corrected chi connectivity index (χ2v) is 7.87. The third kappa shape index (κ3) is 5.10. The standard InChI is InChI=1S/C24H32N2O3/c1-27-22-8-7-21(17-23(22)29-18-19-5-3-2-4-6-19)24(20-9-15-28-16-10-20)26-13-11-25-12-14-26/h2-8,17,20,24-25H,9-16,18H2,1H3/t24-/m0/s1. The summed E-state index contributed by atoms with van der Waals surface area (Å²) in [6.45, 7) is 6.51. The fraction of sp³-hybridized carbons (Fsp3) is 0.500. The van der Waals surface area contributed by atoms with Gasteiger partial charge < -0.3 is 19.5 Å². The normalized spacial score (nSPS) is 19.6. The first-order valence-electron chi connectivity index (χ1n) is 10.7. The monoisotopic (exact) mass is 396 g/mol. The van der Waals surface area contributed by atoms with Crippen LogP contribution in [0.25, 0.3) is 0 Å². The van der Waals surface area contributed by atoms with Crippen LogP contribution in [0.1, 0.15) is 30.0 Å². The van der Waals surface area contributed by atoms with Gasteiger partial charge in [-0.05, 0) is 42.0 Å². The van der Waals surface area contributed by atoms with Crippen LogP contribution < -0.4 is 14.8 Å². The number of ether oxygens (including phenoxy) is 3. The molecule has 156 valence electrons. The zero-order chi connectivity index (χ0) is 19.9. The second kappa shape index (κ2) is 10.1. The van der Waals surface area contributed by atoms with Crippen molar-refractivity contribution in [2.24, 2.45) is 5.92 Å². The molecule has 0 saturated carbocycles. The van der Waals surface area contributed by atoms with Crippen LogP contribution in [-0.4, -0.2) is 51.4 Å². The Labute approximate surface area is 174 Å². The van der Waals surface area contributed by atoms with Gasteiger partial charge in [-0.15, -0.1) is 0 Å². The fourth-order valence-electron chi connectivity index (χ4n) is 4.50. The molecule has 2 aliphatic rings. The molecule has 5 nitrogen and oxygen atoms in total. The molecule has 0 bridgehead atoms. The van der Waals surface area contributed by atoms with Gasteiger partial charge >= 0.3 is 0 Å². The molecule has 2 saturated heterocycles. The van der Waals surface area contributed by atoms with Crippen molar-refractivity contribution < 1.29 is 14.2 Å². The highest BCUT2D eigenvalue weighted by Crippen LogP contribution is 2.39. The van der Waals surface area contributed by atoms with Crippen LogP contribution in [0.2, 0.25) is 0 Å². The summed E-state index contributed by atoms with van der Waals surface area (Å²) >= 11 is 0. The molecule has 0 spiro atoms. The van der Waals surface area contributed by atoms with E-state index in [0.717, 1.165) is 69.3 Å². The Morgan fingerprint density at radius 1 is 1.03 bits per heavy atom. The van der Waals surface area contributed by atoms with Crippen LogP contribution in [0.4, 0.5) is 0 Å². The van der Waals surface area contributed by atoms with E-state index in [9.17, 15) is 0 Å². The van der Waals surface area contributed by atoms with E-state index in [1.807, 2.05) is 18.2 Å². The predicted octanol–water partition coefficient (Wildman–Crippen LogP) is 3.65. The van der Waals surface area contributed by atoms with Gasteiger partial charge in [-0.3, -0.25) is 4.90 Å². The Balaban J connectivity index is 1.59. The molecule has 1 N–H and O–H groups in total. The topological polar surface area (TPSA) is 43.0 Å². The van der Waals surface area contributed by atoms with Crippen molar-refractivity contribution in [1.82, 2.24) is 10.2 Å². The maximum absolute atomic E-state index is 6.20. The number of methoxy groups -OCH3 is 1. The van der Waals surface area contributed by atoms with Crippen molar-refractivity contribution in [2.75, 3.05) is 46.5 Å². The van der Waals surface area contributed by atoms with Crippen molar-refractivity contribution in [3.63, 3.8) is 0 Å². The van der Waals surface area contributed by atoms with Gasteiger partial charge in [0.1, 0.15) is 6.61 Å². The van der Waals surface area contributed by atoms with E-state index in [-0.39, 0.29) is 0 Å². The van der Waals surface area contributed by atoms with Crippen LogP contribution in [-0.2, 0) is 11.3 Å². The van der Waals surface area contributed by atoms with Crippen molar-refractivity contribution >= 4 is 0 Å². The van der Waals surface area contributed by atoms with E-state index in [2.05, 4.69) is 40.5 Å². The van der Waals surface area contributed by atoms with E-state index in [1.165, 1.54) is 5.56 Å². The molecular weight excluding hydrogens is 364 g/mol. The van der Waals surface area contributed by atoms with Gasteiger partial charge in [0.05, 0.1) is 7.11 Å². The van der Waals surface area contributed by atoms with Gasteiger partial charge in [-0.25, -0.2) is 0 Å². The second-order valence-electron chi connectivity index (χ2n) is 7.87. The highest BCUT2D eigenvalue weighted by molar-refractivity contribution is 5.44. The maximum atomic E-state index is 6.20. The Morgan fingerprint density at radius 2 is 1.79 bits per heavy atom. The largest absolute Gasteiger partial charge is 0.493 e. The lowest BCUT2D eigenvalue weighted by molar-refractivity contribution is 0.0212. The summed E-state index contributed by atoms with van der Waals surface area (Å²) in [5, 5.41) is 3.48. The molecule has 5 heteroatoms. The fourth-order valence-corrected chi connectivity index (χ4v) is 4.50. The van der Waals surface area contributed by atoms with E-state index in [0.29, 0.717) is 18.6 Å². The van der Waals surface area contributed by atoms with Gasteiger partial charge in [0.25, 0.3) is 0 Å². The average Bonchev–Trinajstić information content (AvgIpc) is 2.80. The molecule has 2 fully saturated rings. The molecule has 0 radical (unpaired) electrons. The SMILES string of the molecule is COc1ccc([C@H](C2CCOCC2)N2CCNCC2)cc1OCc1ccccc1. The van der Waals surface area contributed by atoms with E-state index < -0.39 is 0 Å². The van der Waals surface area contributed by atoms with Gasteiger partial charge in [0.15, 0.2) is 11.5 Å². The molecular formula is C24H32N2O3. The smallest absolute Gasteiger partial charge is 0.161 e. The lowest BCUT2D eigenvalue weighted by atomic mass is 9.85. The minimum atomic E-state index is 0.394. The molecule has 2 aromatic carbocycles. The minimum Gasteiger partial charge on any atom is -0.493 e. The zero-order valence-electron chi connectivity index (χ0n) is 17.3. The molecule has 0 aliphatic carbocycles. The molecule has 2 aromatic rings. The highest BCUT2D eigenvalue weighted by atomic mass is 16.5. The summed E-state index contributed by atoms with van der Waals surface area (Å²) in [6, 6.07) is 17.1. The average molecular weight is 397 g/mol. The Kier molecular flexibility index (Phi) is 7.04. The molecule has 29 heavy (non-hydrogen) atoms. The minimum absolute atomic E-state index is 0.394. The number of hydrogen-bond acceptors (Lipinski definition) is 5. The highest BCUT2D eigenvalue weighted by Gasteiger charge is 2.31. The number of hydrogen-bond donors (Lipinski definition) is 1. The molecule has 0 unspecified atom stereocenters. The van der Waals surface area contributed by atoms with Gasteiger partial charge in [-0.2, -0.15) is 0 Å². The van der Waals surface area contributed by atoms with Gasteiger partial charge in [0.2, 0.25) is 0 Å². The van der Waals surface area contributed by atoms with Crippen molar-refractivity contribution in [1.29, 1.82) is 0 Å². The lowest BCUT2D eigenvalue weighted by Crippen LogP contribution is -2.47. The summed E-state index contributed by atoms with van der Waals surface area (Å²) in [5.41, 5.74) is 2.48. The summed E-state index contributed by atoms with van der Waals surface area (Å²) in [4.78, 5) is 2.63. The van der Waals surface area contributed by atoms with Crippen LogP contribution >= 0.6 is 0 Å². The Bertz CT molecular complexity index is 738. The van der Waals surface area contributed by atoms with Gasteiger partial charge in [-0.1, -0.05) is 36.4 Å². The molecule has 0 amide bonds. The number of piperazine rings is 1. The molecule has 2 heterocycles. The summed E-state index contributed by atoms with van der Waals surface area (Å²) in [5.74, 6) is 2.22. The quantitative estimate of drug-likeness (QED) is 0.774. The number of benzene rings is 2. The van der Waals surface area contributed by atoms with Crippen molar-refractivity contribution in [3.05, 3.63) is 59.7 Å². The Hall–Kier alpha value is -2.08. The summed E-state index contributed by atoms with van der Waals surface area (Å²) < 4.78 is 17.4. The van der Waals surface area contributed by atoms with Crippen molar-refractivity contribution in [2.45, 2.75) is 25.5 Å². The zero-order valence-corrected chi connectivity index (χ0v) is 17.3. The molecule has 0 aromatic heterocycles. The van der Waals surface area contributed by atoms with E-state index >= 15 is 0 Å². The van der Waals surface area contributed by atoms with E-state index in [4.69, 9.17) is 14.2 Å². The number of nitrogens with zero attached hydrogens (tertiary/aromatic N) is 1.